The summed E-state index contributed by atoms with van der Waals surface area (Å²) in [6.07, 6.45) is 4.18. The Morgan fingerprint density at radius 1 is 1.14 bits per heavy atom. The van der Waals surface area contributed by atoms with Crippen molar-refractivity contribution in [1.29, 1.82) is 0 Å². The van der Waals surface area contributed by atoms with Crippen LogP contribution in [0.4, 0.5) is 0 Å². The molecule has 22 heavy (non-hydrogen) atoms. The molecule has 2 aromatic rings. The predicted molar refractivity (Wildman–Crippen MR) is 84.5 cm³/mol. The van der Waals surface area contributed by atoms with Crippen molar-refractivity contribution in [3.8, 4) is 0 Å². The lowest BCUT2D eigenvalue weighted by atomic mass is 10.2. The van der Waals surface area contributed by atoms with Gasteiger partial charge < -0.3 is 4.42 Å². The van der Waals surface area contributed by atoms with E-state index in [4.69, 9.17) is 27.6 Å². The zero-order chi connectivity index (χ0) is 16.1. The third-order valence-corrected chi connectivity index (χ3v) is 3.15. The molecule has 0 aliphatic rings. The van der Waals surface area contributed by atoms with E-state index in [-0.39, 0.29) is 0 Å². The summed E-state index contributed by atoms with van der Waals surface area (Å²) in [6.45, 7) is 1.65. The van der Waals surface area contributed by atoms with Crippen LogP contribution in [0.2, 0.25) is 10.0 Å². The van der Waals surface area contributed by atoms with Crippen molar-refractivity contribution in [3.63, 3.8) is 0 Å². The first kappa shape index (κ1) is 16.1. The summed E-state index contributed by atoms with van der Waals surface area (Å²) in [5.41, 5.74) is 5.57. The van der Waals surface area contributed by atoms with Gasteiger partial charge in [0.2, 0.25) is 0 Å². The largest absolute Gasteiger partial charge is 0.469 e. The van der Waals surface area contributed by atoms with Crippen LogP contribution in [-0.4, -0.2) is 11.8 Å². The third kappa shape index (κ3) is 4.38. The molecule has 114 valence electrons. The van der Waals surface area contributed by atoms with Crippen LogP contribution in [0.5, 0.6) is 0 Å². The molecule has 7 heteroatoms. The smallest absolute Gasteiger partial charge is 0.273 e. The highest BCUT2D eigenvalue weighted by atomic mass is 35.5. The number of benzene rings is 1. The van der Waals surface area contributed by atoms with Crippen LogP contribution in [-0.2, 0) is 4.79 Å². The van der Waals surface area contributed by atoms with E-state index in [2.05, 4.69) is 10.9 Å². The molecule has 0 atom stereocenters. The first-order valence-electron chi connectivity index (χ1n) is 6.24. The molecule has 0 spiro atoms. The van der Waals surface area contributed by atoms with Crippen molar-refractivity contribution >= 4 is 41.1 Å². The van der Waals surface area contributed by atoms with E-state index in [0.717, 1.165) is 0 Å². The molecule has 2 N–H and O–H groups in total. The molecule has 2 amide bonds. The second-order valence-corrected chi connectivity index (χ2v) is 5.24. The van der Waals surface area contributed by atoms with Crippen molar-refractivity contribution in [3.05, 3.63) is 63.5 Å². The topological polar surface area (TPSA) is 71.3 Å². The molecule has 0 radical (unpaired) electrons. The molecular weight excluding hydrogens is 327 g/mol. The summed E-state index contributed by atoms with van der Waals surface area (Å²) in [7, 11) is 0. The molecule has 1 aromatic heterocycles. The van der Waals surface area contributed by atoms with E-state index >= 15 is 0 Å². The van der Waals surface area contributed by atoms with Crippen LogP contribution in [0, 0.1) is 6.92 Å². The van der Waals surface area contributed by atoms with Gasteiger partial charge in [0.15, 0.2) is 0 Å². The summed E-state index contributed by atoms with van der Waals surface area (Å²) in [6, 6.07) is 6.42. The second kappa shape index (κ2) is 7.15. The van der Waals surface area contributed by atoms with Gasteiger partial charge in [0.1, 0.15) is 5.76 Å². The Morgan fingerprint density at radius 2 is 1.82 bits per heavy atom. The minimum atomic E-state index is -0.495. The van der Waals surface area contributed by atoms with Gasteiger partial charge in [-0.05, 0) is 42.8 Å². The Balaban J connectivity index is 1.91. The fourth-order valence-electron chi connectivity index (χ4n) is 1.69. The summed E-state index contributed by atoms with van der Waals surface area (Å²) in [4.78, 5) is 23.4. The van der Waals surface area contributed by atoms with Gasteiger partial charge in [-0.15, -0.1) is 0 Å². The highest BCUT2D eigenvalue weighted by molar-refractivity contribution is 6.34. The zero-order valence-corrected chi connectivity index (χ0v) is 13.0. The number of carbonyl (C=O) groups is 2. The van der Waals surface area contributed by atoms with E-state index < -0.39 is 11.8 Å². The monoisotopic (exact) mass is 338 g/mol. The molecule has 5 nitrogen and oxygen atoms in total. The lowest BCUT2D eigenvalue weighted by molar-refractivity contribution is -0.117. The number of hydrogen-bond donors (Lipinski definition) is 2. The van der Waals surface area contributed by atoms with Crippen molar-refractivity contribution in [2.45, 2.75) is 6.92 Å². The highest BCUT2D eigenvalue weighted by Crippen LogP contribution is 2.19. The molecule has 0 unspecified atom stereocenters. The first-order chi connectivity index (χ1) is 10.5. The Morgan fingerprint density at radius 3 is 2.41 bits per heavy atom. The summed E-state index contributed by atoms with van der Waals surface area (Å²) >= 11 is 11.7. The lowest BCUT2D eigenvalue weighted by Crippen LogP contribution is -2.40. The van der Waals surface area contributed by atoms with Crippen LogP contribution in [0.15, 0.2) is 41.0 Å². The van der Waals surface area contributed by atoms with E-state index in [9.17, 15) is 9.59 Å². The summed E-state index contributed by atoms with van der Waals surface area (Å²) in [5.74, 6) is -0.486. The van der Waals surface area contributed by atoms with Crippen molar-refractivity contribution < 1.29 is 14.0 Å². The number of hydrogen-bond acceptors (Lipinski definition) is 3. The zero-order valence-electron chi connectivity index (χ0n) is 11.5. The third-order valence-electron chi connectivity index (χ3n) is 2.71. The Labute approximate surface area is 136 Å². The fourth-order valence-corrected chi connectivity index (χ4v) is 2.23. The Bertz CT molecular complexity index is 718. The van der Waals surface area contributed by atoms with Gasteiger partial charge in [-0.1, -0.05) is 23.2 Å². The Hall–Kier alpha value is -2.24. The van der Waals surface area contributed by atoms with Gasteiger partial charge in [0, 0.05) is 16.1 Å². The van der Waals surface area contributed by atoms with Crippen molar-refractivity contribution in [1.82, 2.24) is 10.9 Å². The van der Waals surface area contributed by atoms with Gasteiger partial charge in [0.25, 0.3) is 11.8 Å². The summed E-state index contributed by atoms with van der Waals surface area (Å²) < 4.78 is 5.01. The minimum Gasteiger partial charge on any atom is -0.469 e. The average molecular weight is 339 g/mol. The number of amides is 2. The van der Waals surface area contributed by atoms with Crippen LogP contribution in [0.25, 0.3) is 6.08 Å². The number of halogens is 2. The number of hydrazine groups is 1. The molecule has 0 fully saturated rings. The number of aryl methyl sites for hydroxylation is 1. The molecule has 1 aromatic carbocycles. The van der Waals surface area contributed by atoms with Crippen LogP contribution < -0.4 is 10.9 Å². The maximum absolute atomic E-state index is 11.7. The molecular formula is C15H12Cl2N2O3. The van der Waals surface area contributed by atoms with Crippen molar-refractivity contribution in [2.75, 3.05) is 0 Å². The number of nitrogens with one attached hydrogen (secondary N) is 2. The number of furan rings is 1. The van der Waals surface area contributed by atoms with Crippen LogP contribution >= 0.6 is 23.2 Å². The van der Waals surface area contributed by atoms with E-state index in [0.29, 0.717) is 26.9 Å². The lowest BCUT2D eigenvalue weighted by Gasteiger charge is -2.04. The standard InChI is InChI=1S/C15H12Cl2N2O3/c1-9-13(4-5-22-9)15(21)19-18-14(20)3-2-10-6-11(16)8-12(17)7-10/h2-8H,1H3,(H,18,20)(H,19,21). The summed E-state index contributed by atoms with van der Waals surface area (Å²) in [5, 5.41) is 0.938. The highest BCUT2D eigenvalue weighted by Gasteiger charge is 2.11. The van der Waals surface area contributed by atoms with Gasteiger partial charge in [-0.2, -0.15) is 0 Å². The molecule has 0 aliphatic carbocycles. The van der Waals surface area contributed by atoms with Gasteiger partial charge >= 0.3 is 0 Å². The van der Waals surface area contributed by atoms with E-state index in [1.807, 2.05) is 0 Å². The van der Waals surface area contributed by atoms with E-state index in [1.54, 1.807) is 25.1 Å². The minimum absolute atomic E-state index is 0.353. The normalized spacial score (nSPS) is 10.7. The molecule has 0 bridgehead atoms. The number of carbonyl (C=O) groups excluding carboxylic acids is 2. The predicted octanol–water partition coefficient (Wildman–Crippen LogP) is 3.37. The molecule has 0 saturated carbocycles. The van der Waals surface area contributed by atoms with Crippen LogP contribution in [0.1, 0.15) is 21.7 Å². The van der Waals surface area contributed by atoms with Crippen LogP contribution in [0.3, 0.4) is 0 Å². The average Bonchev–Trinajstić information content (AvgIpc) is 2.88. The van der Waals surface area contributed by atoms with Gasteiger partial charge in [0.05, 0.1) is 11.8 Å². The fraction of sp³-hybridized carbons (Fsp3) is 0.0667. The van der Waals surface area contributed by atoms with E-state index in [1.165, 1.54) is 24.5 Å². The second-order valence-electron chi connectivity index (χ2n) is 4.37. The molecule has 0 saturated heterocycles. The first-order valence-corrected chi connectivity index (χ1v) is 7.00. The molecule has 2 rings (SSSR count). The Kier molecular flexibility index (Phi) is 5.25. The maximum atomic E-state index is 11.7. The quantitative estimate of drug-likeness (QED) is 0.665. The van der Waals surface area contributed by atoms with Crippen molar-refractivity contribution in [2.24, 2.45) is 0 Å². The van der Waals surface area contributed by atoms with Gasteiger partial charge in [-0.25, -0.2) is 0 Å². The SMILES string of the molecule is Cc1occc1C(=O)NNC(=O)C=Cc1cc(Cl)cc(Cl)c1. The molecule has 1 heterocycles. The maximum Gasteiger partial charge on any atom is 0.273 e. The molecule has 0 aliphatic heterocycles. The van der Waals surface area contributed by atoms with Gasteiger partial charge in [-0.3, -0.25) is 20.4 Å². The number of rotatable bonds is 3.